The Bertz CT molecular complexity index is 802. The van der Waals surface area contributed by atoms with Gasteiger partial charge in [-0.3, -0.25) is 4.79 Å². The molecule has 2 aromatic rings. The number of pyridine rings is 1. The van der Waals surface area contributed by atoms with Gasteiger partial charge in [-0.2, -0.15) is 0 Å². The van der Waals surface area contributed by atoms with Crippen LogP contribution >= 0.6 is 23.2 Å². The summed E-state index contributed by atoms with van der Waals surface area (Å²) < 4.78 is 14.7. The van der Waals surface area contributed by atoms with Gasteiger partial charge in [-0.15, -0.1) is 0 Å². The van der Waals surface area contributed by atoms with Gasteiger partial charge in [-0.05, 0) is 12.1 Å². The van der Waals surface area contributed by atoms with E-state index in [2.05, 4.69) is 0 Å². The maximum atomic E-state index is 13.3. The van der Waals surface area contributed by atoms with E-state index in [4.69, 9.17) is 28.3 Å². The predicted molar refractivity (Wildman–Crippen MR) is 73.7 cm³/mol. The Balaban J connectivity index is 2.45. The van der Waals surface area contributed by atoms with Crippen molar-refractivity contribution in [3.8, 4) is 0 Å². The second-order valence-corrected chi connectivity index (χ2v) is 5.45. The first-order valence-corrected chi connectivity index (χ1v) is 6.57. The van der Waals surface area contributed by atoms with Crippen LogP contribution in [0.15, 0.2) is 23.1 Å². The Hall–Kier alpha value is -1.59. The first-order chi connectivity index (χ1) is 9.41. The summed E-state index contributed by atoms with van der Waals surface area (Å²) in [7, 11) is 0. The second-order valence-electron chi connectivity index (χ2n) is 4.66. The van der Waals surface area contributed by atoms with Gasteiger partial charge in [0.25, 0.3) is 0 Å². The van der Waals surface area contributed by atoms with Crippen LogP contribution in [-0.4, -0.2) is 21.8 Å². The highest BCUT2D eigenvalue weighted by Crippen LogP contribution is 2.42. The highest BCUT2D eigenvalue weighted by molar-refractivity contribution is 6.45. The zero-order valence-corrected chi connectivity index (χ0v) is 11.5. The fourth-order valence-corrected chi connectivity index (χ4v) is 2.65. The largest absolute Gasteiger partial charge is 0.477 e. The summed E-state index contributed by atoms with van der Waals surface area (Å²) in [5, 5.41) is 9.55. The molecule has 1 fully saturated rings. The number of carboxylic acids is 1. The van der Waals surface area contributed by atoms with E-state index in [0.717, 1.165) is 6.20 Å². The van der Waals surface area contributed by atoms with Crippen LogP contribution in [0.25, 0.3) is 10.9 Å². The lowest BCUT2D eigenvalue weighted by atomic mass is 10.1. The van der Waals surface area contributed by atoms with Crippen molar-refractivity contribution in [1.82, 2.24) is 4.57 Å². The molecule has 0 unspecified atom stereocenters. The molecule has 7 heteroatoms. The monoisotopic (exact) mass is 315 g/mol. The van der Waals surface area contributed by atoms with E-state index in [-0.39, 0.29) is 27.4 Å². The van der Waals surface area contributed by atoms with Crippen LogP contribution in [0.1, 0.15) is 22.8 Å². The third-order valence-corrected chi connectivity index (χ3v) is 4.15. The SMILES string of the molecule is O=C(O)c1cn([C@@H]2C[C@H]2F)c2c(Cl)c(Cl)ccc2c1=O. The van der Waals surface area contributed by atoms with E-state index >= 15 is 0 Å². The van der Waals surface area contributed by atoms with Gasteiger partial charge in [-0.1, -0.05) is 23.2 Å². The molecule has 2 atom stereocenters. The number of carboxylic acid groups (broad SMARTS) is 1. The first kappa shape index (κ1) is 13.4. The molecule has 0 spiro atoms. The normalized spacial score (nSPS) is 21.1. The van der Waals surface area contributed by atoms with Gasteiger partial charge in [0.2, 0.25) is 5.43 Å². The molecule has 0 aliphatic heterocycles. The van der Waals surface area contributed by atoms with Crippen LogP contribution in [-0.2, 0) is 0 Å². The number of halogens is 3. The van der Waals surface area contributed by atoms with Crippen molar-refractivity contribution in [3.63, 3.8) is 0 Å². The number of nitrogens with zero attached hydrogens (tertiary/aromatic N) is 1. The average molecular weight is 316 g/mol. The molecule has 1 aliphatic rings. The molecule has 104 valence electrons. The van der Waals surface area contributed by atoms with Crippen molar-refractivity contribution in [2.75, 3.05) is 0 Å². The van der Waals surface area contributed by atoms with Crippen molar-refractivity contribution in [2.24, 2.45) is 0 Å². The number of rotatable bonds is 2. The van der Waals surface area contributed by atoms with Crippen LogP contribution in [0.4, 0.5) is 4.39 Å². The third kappa shape index (κ3) is 1.89. The lowest BCUT2D eigenvalue weighted by Gasteiger charge is -2.13. The number of carbonyl (C=O) groups is 1. The Labute approximate surface area is 122 Å². The summed E-state index contributed by atoms with van der Waals surface area (Å²) in [5.74, 6) is -1.35. The molecular weight excluding hydrogens is 308 g/mol. The fraction of sp³-hybridized carbons (Fsp3) is 0.231. The number of benzene rings is 1. The summed E-state index contributed by atoms with van der Waals surface area (Å²) in [5.41, 5.74) is -0.785. The Morgan fingerprint density at radius 1 is 1.40 bits per heavy atom. The quantitative estimate of drug-likeness (QED) is 0.925. The molecule has 0 bridgehead atoms. The molecule has 3 rings (SSSR count). The van der Waals surface area contributed by atoms with Crippen LogP contribution in [0.2, 0.25) is 10.0 Å². The molecule has 20 heavy (non-hydrogen) atoms. The van der Waals surface area contributed by atoms with E-state index in [0.29, 0.717) is 0 Å². The van der Waals surface area contributed by atoms with Gasteiger partial charge in [0.1, 0.15) is 11.7 Å². The summed E-state index contributed by atoms with van der Waals surface area (Å²) in [4.78, 5) is 23.2. The fourth-order valence-electron chi connectivity index (χ4n) is 2.24. The van der Waals surface area contributed by atoms with Gasteiger partial charge < -0.3 is 9.67 Å². The topological polar surface area (TPSA) is 59.3 Å². The summed E-state index contributed by atoms with van der Waals surface area (Å²) in [6, 6.07) is 2.32. The number of aromatic carboxylic acids is 1. The average Bonchev–Trinajstić information content (AvgIpc) is 3.11. The molecule has 1 N–H and O–H groups in total. The third-order valence-electron chi connectivity index (χ3n) is 3.35. The maximum absolute atomic E-state index is 13.3. The molecule has 0 radical (unpaired) electrons. The molecule has 1 saturated carbocycles. The summed E-state index contributed by atoms with van der Waals surface area (Å²) in [6.07, 6.45) is 0.330. The summed E-state index contributed by atoms with van der Waals surface area (Å²) in [6.45, 7) is 0. The molecule has 0 saturated heterocycles. The Morgan fingerprint density at radius 2 is 2.05 bits per heavy atom. The van der Waals surface area contributed by atoms with Crippen molar-refractivity contribution < 1.29 is 14.3 Å². The standard InChI is InChI=1S/C13H8Cl2FNO3/c14-7-2-1-5-11(10(7)15)17(9-3-8(9)16)4-6(12(5)18)13(19)20/h1-2,4,8-9H,3H2,(H,19,20)/t8-,9-/m1/s1. The number of fused-ring (bicyclic) bond motifs is 1. The van der Waals surface area contributed by atoms with E-state index < -0.39 is 29.2 Å². The van der Waals surface area contributed by atoms with Gasteiger partial charge in [0, 0.05) is 18.0 Å². The van der Waals surface area contributed by atoms with Gasteiger partial charge in [0.15, 0.2) is 0 Å². The van der Waals surface area contributed by atoms with Gasteiger partial charge >= 0.3 is 5.97 Å². The van der Waals surface area contributed by atoms with E-state index in [1.165, 1.54) is 16.7 Å². The highest BCUT2D eigenvalue weighted by atomic mass is 35.5. The molecule has 1 heterocycles. The minimum absolute atomic E-state index is 0.123. The van der Waals surface area contributed by atoms with E-state index in [9.17, 15) is 14.0 Å². The lowest BCUT2D eigenvalue weighted by molar-refractivity contribution is 0.0694. The summed E-state index contributed by atoms with van der Waals surface area (Å²) >= 11 is 12.0. The second kappa shape index (κ2) is 4.46. The van der Waals surface area contributed by atoms with Crippen molar-refractivity contribution >= 4 is 40.1 Å². The Morgan fingerprint density at radius 3 is 2.60 bits per heavy atom. The lowest BCUT2D eigenvalue weighted by Crippen LogP contribution is -2.19. The molecule has 1 aromatic heterocycles. The van der Waals surface area contributed by atoms with Crippen molar-refractivity contribution in [3.05, 3.63) is 44.2 Å². The van der Waals surface area contributed by atoms with Crippen LogP contribution in [0.5, 0.6) is 0 Å². The van der Waals surface area contributed by atoms with Gasteiger partial charge in [0.05, 0.1) is 21.6 Å². The minimum Gasteiger partial charge on any atom is -0.477 e. The van der Waals surface area contributed by atoms with Crippen LogP contribution in [0.3, 0.4) is 0 Å². The van der Waals surface area contributed by atoms with E-state index in [1.54, 1.807) is 0 Å². The smallest absolute Gasteiger partial charge is 0.341 e. The van der Waals surface area contributed by atoms with Crippen LogP contribution in [0, 0.1) is 0 Å². The first-order valence-electron chi connectivity index (χ1n) is 5.82. The van der Waals surface area contributed by atoms with Crippen molar-refractivity contribution in [1.29, 1.82) is 0 Å². The number of alkyl halides is 1. The molecule has 1 aliphatic carbocycles. The molecular formula is C13H8Cl2FNO3. The highest BCUT2D eigenvalue weighted by Gasteiger charge is 2.40. The zero-order valence-electron chi connectivity index (χ0n) is 9.94. The molecule has 0 amide bonds. The van der Waals surface area contributed by atoms with Gasteiger partial charge in [-0.25, -0.2) is 9.18 Å². The maximum Gasteiger partial charge on any atom is 0.341 e. The zero-order chi connectivity index (χ0) is 14.6. The molecule has 1 aromatic carbocycles. The van der Waals surface area contributed by atoms with Crippen molar-refractivity contribution in [2.45, 2.75) is 18.6 Å². The molecule has 4 nitrogen and oxygen atoms in total. The number of aromatic nitrogens is 1. The predicted octanol–water partition coefficient (Wildman–Crippen LogP) is 3.29. The number of hydrogen-bond donors (Lipinski definition) is 1. The Kier molecular flexibility index (Phi) is 2.99. The number of hydrogen-bond acceptors (Lipinski definition) is 2. The van der Waals surface area contributed by atoms with E-state index in [1.807, 2.05) is 0 Å². The minimum atomic E-state index is -1.35. The van der Waals surface area contributed by atoms with Crippen LogP contribution < -0.4 is 5.43 Å².